The molecule has 1 atom stereocenters. The lowest BCUT2D eigenvalue weighted by atomic mass is 9.87. The van der Waals surface area contributed by atoms with E-state index in [-0.39, 0.29) is 6.23 Å². The van der Waals surface area contributed by atoms with Crippen LogP contribution in [0.1, 0.15) is 65.2 Å². The zero-order valence-corrected chi connectivity index (χ0v) is 21.0. The first-order valence-electron chi connectivity index (χ1n) is 12.0. The molecule has 174 valence electrons. The van der Waals surface area contributed by atoms with E-state index in [9.17, 15) is 4.79 Å². The minimum atomic E-state index is 0.0979. The standard InChI is InChI=1S/C29H29BrN2O2/c1-2-26(21-10-13-25(30)14-11-21)29(22-8-6-20(19-33)7-9-22)23-12-15-27-24(17-23)18-31-32(27)28-5-3-4-16-34-28/h6-15,17,19,28,31H,2-5,16,18H2,1H3/b29-26+. The second-order valence-corrected chi connectivity index (χ2v) is 9.74. The highest BCUT2D eigenvalue weighted by atomic mass is 79.9. The van der Waals surface area contributed by atoms with Gasteiger partial charge in [-0.05, 0) is 83.3 Å². The van der Waals surface area contributed by atoms with Crippen LogP contribution in [0.5, 0.6) is 0 Å². The Kier molecular flexibility index (Phi) is 6.95. The van der Waals surface area contributed by atoms with Crippen LogP contribution in [0.15, 0.2) is 71.2 Å². The molecule has 2 aliphatic rings. The summed E-state index contributed by atoms with van der Waals surface area (Å²) in [5, 5.41) is 2.20. The molecule has 0 spiro atoms. The highest BCUT2D eigenvalue weighted by Crippen LogP contribution is 2.38. The maximum atomic E-state index is 11.3. The van der Waals surface area contributed by atoms with Crippen molar-refractivity contribution in [1.29, 1.82) is 0 Å². The van der Waals surface area contributed by atoms with Crippen LogP contribution < -0.4 is 10.4 Å². The lowest BCUT2D eigenvalue weighted by Gasteiger charge is -2.32. The van der Waals surface area contributed by atoms with Crippen molar-refractivity contribution in [3.8, 4) is 0 Å². The first kappa shape index (κ1) is 23.0. The summed E-state index contributed by atoms with van der Waals surface area (Å²) in [6, 6.07) is 23.2. The lowest BCUT2D eigenvalue weighted by Crippen LogP contribution is -2.44. The molecule has 5 heteroatoms. The van der Waals surface area contributed by atoms with Gasteiger partial charge in [0.1, 0.15) is 12.5 Å². The number of carbonyl (C=O) groups excluding carboxylic acids is 1. The minimum Gasteiger partial charge on any atom is -0.357 e. The summed E-state index contributed by atoms with van der Waals surface area (Å²) in [5.74, 6) is 0. The first-order chi connectivity index (χ1) is 16.7. The summed E-state index contributed by atoms with van der Waals surface area (Å²) < 4.78 is 7.10. The number of rotatable bonds is 6. The maximum absolute atomic E-state index is 11.3. The van der Waals surface area contributed by atoms with Crippen molar-refractivity contribution in [2.75, 3.05) is 11.6 Å². The van der Waals surface area contributed by atoms with Crippen molar-refractivity contribution >= 4 is 39.0 Å². The number of ether oxygens (including phenoxy) is 1. The normalized spacial score (nSPS) is 18.4. The first-order valence-corrected chi connectivity index (χ1v) is 12.8. The molecule has 4 nitrogen and oxygen atoms in total. The third-order valence-electron chi connectivity index (χ3n) is 6.69. The van der Waals surface area contributed by atoms with Crippen molar-refractivity contribution in [3.05, 3.63) is 99.0 Å². The molecule has 2 aliphatic heterocycles. The topological polar surface area (TPSA) is 41.6 Å². The van der Waals surface area contributed by atoms with Crippen molar-refractivity contribution in [3.63, 3.8) is 0 Å². The Morgan fingerprint density at radius 3 is 2.44 bits per heavy atom. The van der Waals surface area contributed by atoms with Gasteiger partial charge in [0, 0.05) is 23.2 Å². The van der Waals surface area contributed by atoms with E-state index in [1.165, 1.54) is 39.9 Å². The van der Waals surface area contributed by atoms with Crippen molar-refractivity contribution in [1.82, 2.24) is 5.43 Å². The van der Waals surface area contributed by atoms with Gasteiger partial charge in [-0.15, -0.1) is 0 Å². The van der Waals surface area contributed by atoms with Crippen LogP contribution in [-0.4, -0.2) is 19.1 Å². The molecule has 1 unspecified atom stereocenters. The Balaban J connectivity index is 1.60. The van der Waals surface area contributed by atoms with E-state index < -0.39 is 0 Å². The van der Waals surface area contributed by atoms with Gasteiger partial charge in [-0.2, -0.15) is 0 Å². The van der Waals surface area contributed by atoms with Gasteiger partial charge in [-0.3, -0.25) is 9.80 Å². The van der Waals surface area contributed by atoms with Crippen LogP contribution in [-0.2, 0) is 11.3 Å². The number of carbonyl (C=O) groups is 1. The molecule has 2 heterocycles. The van der Waals surface area contributed by atoms with Gasteiger partial charge in [0.15, 0.2) is 0 Å². The van der Waals surface area contributed by atoms with Gasteiger partial charge in [0.05, 0.1) is 5.69 Å². The average Bonchev–Trinajstić information content (AvgIpc) is 3.32. The van der Waals surface area contributed by atoms with E-state index >= 15 is 0 Å². The fourth-order valence-electron chi connectivity index (χ4n) is 4.98. The molecule has 3 aromatic carbocycles. The molecule has 1 N–H and O–H groups in total. The number of allylic oxidation sites excluding steroid dienone is 1. The van der Waals surface area contributed by atoms with Crippen molar-refractivity contribution in [2.24, 2.45) is 0 Å². The molecule has 0 saturated carbocycles. The fraction of sp³-hybridized carbons (Fsp3) is 0.276. The minimum absolute atomic E-state index is 0.0979. The zero-order valence-electron chi connectivity index (χ0n) is 19.4. The van der Waals surface area contributed by atoms with Crippen LogP contribution in [0.3, 0.4) is 0 Å². The Bertz CT molecular complexity index is 1200. The number of nitrogens with zero attached hydrogens (tertiary/aromatic N) is 1. The number of hydrogen-bond donors (Lipinski definition) is 1. The van der Waals surface area contributed by atoms with Gasteiger partial charge in [-0.25, -0.2) is 5.43 Å². The SMILES string of the molecule is CC/C(=C(/c1ccc(C=O)cc1)c1ccc2c(c1)CNN2C1CCCCO1)c1ccc(Br)cc1. The summed E-state index contributed by atoms with van der Waals surface area (Å²) in [5.41, 5.74) is 12.7. The smallest absolute Gasteiger partial charge is 0.150 e. The van der Waals surface area contributed by atoms with E-state index in [0.717, 1.165) is 48.7 Å². The van der Waals surface area contributed by atoms with E-state index in [0.29, 0.717) is 5.56 Å². The quantitative estimate of drug-likeness (QED) is 0.283. The molecule has 1 fully saturated rings. The van der Waals surface area contributed by atoms with E-state index in [1.807, 2.05) is 12.1 Å². The van der Waals surface area contributed by atoms with Crippen LogP contribution in [0.2, 0.25) is 0 Å². The van der Waals surface area contributed by atoms with E-state index in [4.69, 9.17) is 4.74 Å². The Morgan fingerprint density at radius 1 is 1.03 bits per heavy atom. The molecule has 1 saturated heterocycles. The molecule has 0 aliphatic carbocycles. The van der Waals surface area contributed by atoms with Crippen LogP contribution >= 0.6 is 15.9 Å². The molecule has 5 rings (SSSR count). The van der Waals surface area contributed by atoms with Gasteiger partial charge in [0.25, 0.3) is 0 Å². The Labute approximate surface area is 209 Å². The molecule has 34 heavy (non-hydrogen) atoms. The molecule has 0 aromatic heterocycles. The van der Waals surface area contributed by atoms with Gasteiger partial charge < -0.3 is 4.74 Å². The summed E-state index contributed by atoms with van der Waals surface area (Å²) in [6.45, 7) is 3.82. The zero-order chi connectivity index (χ0) is 23.5. The molecular weight excluding hydrogens is 488 g/mol. The highest BCUT2D eigenvalue weighted by Gasteiger charge is 2.28. The van der Waals surface area contributed by atoms with Gasteiger partial charge >= 0.3 is 0 Å². The Hall–Kier alpha value is -2.73. The summed E-state index contributed by atoms with van der Waals surface area (Å²) in [7, 11) is 0. The number of aldehydes is 1. The maximum Gasteiger partial charge on any atom is 0.150 e. The molecule has 0 radical (unpaired) electrons. The molecule has 0 amide bonds. The van der Waals surface area contributed by atoms with Crippen molar-refractivity contribution in [2.45, 2.75) is 45.4 Å². The second kappa shape index (κ2) is 10.3. The summed E-state index contributed by atoms with van der Waals surface area (Å²) >= 11 is 3.56. The predicted molar refractivity (Wildman–Crippen MR) is 142 cm³/mol. The number of benzene rings is 3. The van der Waals surface area contributed by atoms with Gasteiger partial charge in [0.2, 0.25) is 0 Å². The van der Waals surface area contributed by atoms with E-state index in [1.54, 1.807) is 0 Å². The second-order valence-electron chi connectivity index (χ2n) is 8.82. The fourth-order valence-corrected chi connectivity index (χ4v) is 5.24. The highest BCUT2D eigenvalue weighted by molar-refractivity contribution is 9.10. The van der Waals surface area contributed by atoms with Crippen LogP contribution in [0.4, 0.5) is 5.69 Å². The number of halogens is 1. The lowest BCUT2D eigenvalue weighted by molar-refractivity contribution is 0.00928. The Morgan fingerprint density at radius 2 is 1.76 bits per heavy atom. The summed E-state index contributed by atoms with van der Waals surface area (Å²) in [4.78, 5) is 11.3. The van der Waals surface area contributed by atoms with Crippen LogP contribution in [0, 0.1) is 0 Å². The number of hydrogen-bond acceptors (Lipinski definition) is 4. The van der Waals surface area contributed by atoms with E-state index in [2.05, 4.69) is 87.9 Å². The predicted octanol–water partition coefficient (Wildman–Crippen LogP) is 6.98. The van der Waals surface area contributed by atoms with Crippen molar-refractivity contribution < 1.29 is 9.53 Å². The third kappa shape index (κ3) is 4.61. The number of anilines is 1. The number of fused-ring (bicyclic) bond motifs is 1. The largest absolute Gasteiger partial charge is 0.357 e. The summed E-state index contributed by atoms with van der Waals surface area (Å²) in [6.07, 6.45) is 5.28. The molecule has 3 aromatic rings. The third-order valence-corrected chi connectivity index (χ3v) is 7.22. The molecule has 0 bridgehead atoms. The number of nitrogens with one attached hydrogen (secondary N) is 1. The molecular formula is C29H29BrN2O2. The average molecular weight is 517 g/mol. The monoisotopic (exact) mass is 516 g/mol. The number of hydrazine groups is 1. The van der Waals surface area contributed by atoms with Gasteiger partial charge in [-0.1, -0.05) is 65.3 Å². The van der Waals surface area contributed by atoms with Crippen LogP contribution in [0.25, 0.3) is 11.1 Å².